The molecule has 0 fully saturated rings. The predicted molar refractivity (Wildman–Crippen MR) is 85.4 cm³/mol. The normalized spacial score (nSPS) is 11.1. The highest BCUT2D eigenvalue weighted by molar-refractivity contribution is 9.10. The Bertz CT molecular complexity index is 571. The molecule has 0 atom stereocenters. The van der Waals surface area contributed by atoms with Crippen molar-refractivity contribution in [2.75, 3.05) is 6.54 Å². The zero-order chi connectivity index (χ0) is 14.5. The molecule has 1 heterocycles. The Morgan fingerprint density at radius 3 is 2.85 bits per heavy atom. The van der Waals surface area contributed by atoms with Crippen LogP contribution < -0.4 is 10.1 Å². The quantitative estimate of drug-likeness (QED) is 0.845. The zero-order valence-corrected chi connectivity index (χ0v) is 14.2. The summed E-state index contributed by atoms with van der Waals surface area (Å²) in [5.41, 5.74) is 1.06. The second-order valence-corrected chi connectivity index (χ2v) is 6.94. The molecule has 1 aromatic heterocycles. The van der Waals surface area contributed by atoms with Crippen LogP contribution >= 0.6 is 27.3 Å². The van der Waals surface area contributed by atoms with Crippen molar-refractivity contribution in [3.63, 3.8) is 0 Å². The predicted octanol–water partition coefficient (Wildman–Crippen LogP) is 4.15. The van der Waals surface area contributed by atoms with Gasteiger partial charge in [0.2, 0.25) is 0 Å². The van der Waals surface area contributed by atoms with E-state index in [0.717, 1.165) is 33.9 Å². The van der Waals surface area contributed by atoms with Crippen molar-refractivity contribution in [2.45, 2.75) is 27.3 Å². The van der Waals surface area contributed by atoms with Crippen LogP contribution in [0.5, 0.6) is 10.9 Å². The minimum absolute atomic E-state index is 0.580. The Balaban J connectivity index is 1.95. The molecule has 20 heavy (non-hydrogen) atoms. The summed E-state index contributed by atoms with van der Waals surface area (Å²) in [5.74, 6) is 1.44. The summed E-state index contributed by atoms with van der Waals surface area (Å²) >= 11 is 4.91. The minimum Gasteiger partial charge on any atom is -0.430 e. The number of ether oxygens (including phenoxy) is 1. The van der Waals surface area contributed by atoms with Gasteiger partial charge in [-0.2, -0.15) is 0 Å². The van der Waals surface area contributed by atoms with Gasteiger partial charge < -0.3 is 10.1 Å². The molecule has 0 aliphatic rings. The second kappa shape index (κ2) is 7.15. The molecule has 108 valence electrons. The first-order valence-electron chi connectivity index (χ1n) is 6.51. The van der Waals surface area contributed by atoms with Gasteiger partial charge in [-0.15, -0.1) is 5.10 Å². The van der Waals surface area contributed by atoms with Crippen molar-refractivity contribution in [3.8, 4) is 10.9 Å². The molecule has 1 aromatic carbocycles. The molecule has 2 aromatic rings. The smallest absolute Gasteiger partial charge is 0.299 e. The standard InChI is InChI=1S/C14H18BrN3OS/c1-9(2)7-16-8-13-17-18-14(20-13)19-12-5-4-11(15)6-10(12)3/h4-6,9,16H,7-8H2,1-3H3. The van der Waals surface area contributed by atoms with E-state index in [1.807, 2.05) is 25.1 Å². The maximum atomic E-state index is 5.77. The Morgan fingerprint density at radius 1 is 1.35 bits per heavy atom. The fraction of sp³-hybridized carbons (Fsp3) is 0.429. The van der Waals surface area contributed by atoms with Gasteiger partial charge in [-0.25, -0.2) is 0 Å². The Kier molecular flexibility index (Phi) is 5.51. The van der Waals surface area contributed by atoms with Crippen LogP contribution in [0.4, 0.5) is 0 Å². The van der Waals surface area contributed by atoms with Crippen LogP contribution in [-0.2, 0) is 6.54 Å². The minimum atomic E-state index is 0.580. The number of nitrogens with zero attached hydrogens (tertiary/aromatic N) is 2. The first-order valence-corrected chi connectivity index (χ1v) is 8.12. The number of aromatic nitrogens is 2. The fourth-order valence-electron chi connectivity index (χ4n) is 1.64. The number of nitrogens with one attached hydrogen (secondary N) is 1. The lowest BCUT2D eigenvalue weighted by molar-refractivity contribution is 0.469. The van der Waals surface area contributed by atoms with Crippen LogP contribution in [0.3, 0.4) is 0 Å². The molecule has 0 radical (unpaired) electrons. The molecule has 0 aliphatic carbocycles. The summed E-state index contributed by atoms with van der Waals surface area (Å²) in [7, 11) is 0. The van der Waals surface area contributed by atoms with Crippen molar-refractivity contribution < 1.29 is 4.74 Å². The van der Waals surface area contributed by atoms with Crippen LogP contribution in [0, 0.1) is 12.8 Å². The number of rotatable bonds is 6. The van der Waals surface area contributed by atoms with Crippen molar-refractivity contribution in [1.29, 1.82) is 0 Å². The van der Waals surface area contributed by atoms with Gasteiger partial charge in [0.15, 0.2) is 0 Å². The first kappa shape index (κ1) is 15.4. The van der Waals surface area contributed by atoms with Crippen molar-refractivity contribution in [3.05, 3.63) is 33.2 Å². The molecule has 2 rings (SSSR count). The molecular formula is C14H18BrN3OS. The van der Waals surface area contributed by atoms with Gasteiger partial charge in [0.05, 0.1) is 0 Å². The highest BCUT2D eigenvalue weighted by atomic mass is 79.9. The third-order valence-electron chi connectivity index (χ3n) is 2.61. The van der Waals surface area contributed by atoms with Crippen LogP contribution in [0.15, 0.2) is 22.7 Å². The Labute approximate surface area is 131 Å². The Hall–Kier alpha value is -0.980. The summed E-state index contributed by atoms with van der Waals surface area (Å²) < 4.78 is 6.81. The van der Waals surface area contributed by atoms with Gasteiger partial charge >= 0.3 is 0 Å². The summed E-state index contributed by atoms with van der Waals surface area (Å²) in [6.07, 6.45) is 0. The average Bonchev–Trinajstić information content (AvgIpc) is 2.80. The zero-order valence-electron chi connectivity index (χ0n) is 11.8. The lowest BCUT2D eigenvalue weighted by Crippen LogP contribution is -2.18. The van der Waals surface area contributed by atoms with Crippen LogP contribution in [0.2, 0.25) is 0 Å². The van der Waals surface area contributed by atoms with Crippen LogP contribution in [0.25, 0.3) is 0 Å². The second-order valence-electron chi connectivity index (χ2n) is 5.00. The maximum Gasteiger partial charge on any atom is 0.299 e. The fourth-order valence-corrected chi connectivity index (χ4v) is 2.79. The van der Waals surface area contributed by atoms with Gasteiger partial charge in [0.1, 0.15) is 10.8 Å². The van der Waals surface area contributed by atoms with Gasteiger partial charge in [0, 0.05) is 11.0 Å². The van der Waals surface area contributed by atoms with E-state index in [2.05, 4.69) is 45.3 Å². The lowest BCUT2D eigenvalue weighted by Gasteiger charge is -2.05. The highest BCUT2D eigenvalue weighted by Gasteiger charge is 2.08. The summed E-state index contributed by atoms with van der Waals surface area (Å²) in [4.78, 5) is 0. The molecule has 0 saturated heterocycles. The van der Waals surface area contributed by atoms with E-state index in [1.54, 1.807) is 0 Å². The van der Waals surface area contributed by atoms with E-state index < -0.39 is 0 Å². The van der Waals surface area contributed by atoms with E-state index in [9.17, 15) is 0 Å². The molecule has 0 spiro atoms. The third-order valence-corrected chi connectivity index (χ3v) is 3.91. The maximum absolute atomic E-state index is 5.77. The third kappa shape index (κ3) is 4.54. The summed E-state index contributed by atoms with van der Waals surface area (Å²) in [5, 5.41) is 13.1. The van der Waals surface area contributed by atoms with Crippen molar-refractivity contribution in [1.82, 2.24) is 15.5 Å². The molecule has 0 bridgehead atoms. The summed E-state index contributed by atoms with van der Waals surface area (Å²) in [6.45, 7) is 8.07. The lowest BCUT2D eigenvalue weighted by atomic mass is 10.2. The van der Waals surface area contributed by atoms with Gasteiger partial charge in [-0.1, -0.05) is 46.2 Å². The van der Waals surface area contributed by atoms with Gasteiger partial charge in [-0.05, 0) is 43.1 Å². The SMILES string of the molecule is Cc1cc(Br)ccc1Oc1nnc(CNCC(C)C)s1. The van der Waals surface area contributed by atoms with E-state index in [-0.39, 0.29) is 0 Å². The topological polar surface area (TPSA) is 47.0 Å². The molecule has 4 nitrogen and oxygen atoms in total. The average molecular weight is 356 g/mol. The van der Waals surface area contributed by atoms with E-state index in [4.69, 9.17) is 4.74 Å². The molecule has 0 saturated carbocycles. The molecule has 0 unspecified atom stereocenters. The van der Waals surface area contributed by atoms with Crippen molar-refractivity contribution >= 4 is 27.3 Å². The summed E-state index contributed by atoms with van der Waals surface area (Å²) in [6, 6.07) is 5.90. The number of hydrogen-bond donors (Lipinski definition) is 1. The first-order chi connectivity index (χ1) is 9.54. The molecule has 6 heteroatoms. The largest absolute Gasteiger partial charge is 0.430 e. The van der Waals surface area contributed by atoms with Crippen molar-refractivity contribution in [2.24, 2.45) is 5.92 Å². The number of hydrogen-bond acceptors (Lipinski definition) is 5. The van der Waals surface area contributed by atoms with Gasteiger partial charge in [-0.3, -0.25) is 0 Å². The molecule has 0 aliphatic heterocycles. The van der Waals surface area contributed by atoms with Gasteiger partial charge in [0.25, 0.3) is 5.19 Å². The molecule has 1 N–H and O–H groups in total. The van der Waals surface area contributed by atoms with Crippen LogP contribution in [0.1, 0.15) is 24.4 Å². The molecular weight excluding hydrogens is 338 g/mol. The Morgan fingerprint density at radius 2 is 2.15 bits per heavy atom. The number of halogens is 1. The molecule has 0 amide bonds. The number of aryl methyl sites for hydroxylation is 1. The highest BCUT2D eigenvalue weighted by Crippen LogP contribution is 2.29. The van der Waals surface area contributed by atoms with Crippen LogP contribution in [-0.4, -0.2) is 16.7 Å². The van der Waals surface area contributed by atoms with E-state index in [0.29, 0.717) is 11.1 Å². The van der Waals surface area contributed by atoms with E-state index >= 15 is 0 Å². The monoisotopic (exact) mass is 355 g/mol. The van der Waals surface area contributed by atoms with E-state index in [1.165, 1.54) is 11.3 Å². The number of benzene rings is 1.